The van der Waals surface area contributed by atoms with Crippen molar-refractivity contribution in [3.05, 3.63) is 44.8 Å². The summed E-state index contributed by atoms with van der Waals surface area (Å²) < 4.78 is 0. The highest BCUT2D eigenvalue weighted by Crippen LogP contribution is 2.28. The Labute approximate surface area is 151 Å². The Balaban J connectivity index is 1.56. The number of rotatable bonds is 7. The zero-order valence-electron chi connectivity index (χ0n) is 14.0. The van der Waals surface area contributed by atoms with Gasteiger partial charge in [0.15, 0.2) is 0 Å². The number of thiophene rings is 2. The van der Waals surface area contributed by atoms with Crippen LogP contribution in [-0.2, 0) is 0 Å². The van der Waals surface area contributed by atoms with Crippen molar-refractivity contribution in [2.75, 3.05) is 19.6 Å². The van der Waals surface area contributed by atoms with E-state index in [0.717, 1.165) is 19.5 Å². The molecule has 24 heavy (non-hydrogen) atoms. The first-order valence-corrected chi connectivity index (χ1v) is 10.4. The standard InChI is InChI=1S/C18H25N3OS2/c1-2-14(16-7-5-11-23-16)20-18(22)19-13-15(17-8-6-12-24-17)21-9-3-4-10-21/h5-8,11-12,14-15H,2-4,9-10,13H2,1H3,(H2,19,20,22). The largest absolute Gasteiger partial charge is 0.336 e. The second kappa shape index (κ2) is 8.65. The van der Waals surface area contributed by atoms with Gasteiger partial charge in [-0.05, 0) is 55.2 Å². The number of likely N-dealkylation sites (tertiary alicyclic amines) is 1. The minimum atomic E-state index is -0.0731. The van der Waals surface area contributed by atoms with Crippen molar-refractivity contribution in [2.24, 2.45) is 0 Å². The molecule has 1 saturated heterocycles. The average molecular weight is 364 g/mol. The van der Waals surface area contributed by atoms with Gasteiger partial charge in [0.1, 0.15) is 0 Å². The van der Waals surface area contributed by atoms with E-state index in [1.807, 2.05) is 6.07 Å². The van der Waals surface area contributed by atoms with Crippen molar-refractivity contribution < 1.29 is 4.79 Å². The van der Waals surface area contributed by atoms with Gasteiger partial charge >= 0.3 is 6.03 Å². The third-order valence-electron chi connectivity index (χ3n) is 4.51. The summed E-state index contributed by atoms with van der Waals surface area (Å²) in [4.78, 5) is 17.4. The van der Waals surface area contributed by atoms with Crippen LogP contribution in [0.15, 0.2) is 35.0 Å². The summed E-state index contributed by atoms with van der Waals surface area (Å²) in [5, 5.41) is 10.4. The number of hydrogen-bond acceptors (Lipinski definition) is 4. The SMILES string of the molecule is CCC(NC(=O)NCC(c1cccs1)N1CCCC1)c1cccs1. The normalized spacial score (nSPS) is 17.5. The van der Waals surface area contributed by atoms with Crippen LogP contribution >= 0.6 is 22.7 Å². The van der Waals surface area contributed by atoms with Gasteiger partial charge in [0.25, 0.3) is 0 Å². The van der Waals surface area contributed by atoms with Gasteiger partial charge < -0.3 is 10.6 Å². The Morgan fingerprint density at radius 3 is 2.42 bits per heavy atom. The summed E-state index contributed by atoms with van der Waals surface area (Å²) in [6.07, 6.45) is 3.41. The molecule has 0 aliphatic carbocycles. The molecule has 2 amide bonds. The fourth-order valence-electron chi connectivity index (χ4n) is 3.21. The highest BCUT2D eigenvalue weighted by Gasteiger charge is 2.25. The molecule has 1 fully saturated rings. The van der Waals surface area contributed by atoms with Gasteiger partial charge in [-0.2, -0.15) is 0 Å². The third-order valence-corrected chi connectivity index (χ3v) is 6.47. The molecule has 0 bridgehead atoms. The zero-order chi connectivity index (χ0) is 16.8. The predicted molar refractivity (Wildman–Crippen MR) is 102 cm³/mol. The third kappa shape index (κ3) is 4.37. The molecule has 1 aliphatic heterocycles. The Kier molecular flexibility index (Phi) is 6.29. The summed E-state index contributed by atoms with van der Waals surface area (Å²) in [5.74, 6) is 0. The van der Waals surface area contributed by atoms with Crippen LogP contribution in [0.3, 0.4) is 0 Å². The van der Waals surface area contributed by atoms with Crippen molar-refractivity contribution in [3.8, 4) is 0 Å². The summed E-state index contributed by atoms with van der Waals surface area (Å²) in [6.45, 7) is 5.01. The molecule has 2 aromatic heterocycles. The predicted octanol–water partition coefficient (Wildman–Crippen LogP) is 4.40. The smallest absolute Gasteiger partial charge is 0.315 e. The van der Waals surface area contributed by atoms with E-state index in [4.69, 9.17) is 0 Å². The molecule has 3 rings (SSSR count). The lowest BCUT2D eigenvalue weighted by Crippen LogP contribution is -2.42. The van der Waals surface area contributed by atoms with Crippen LogP contribution in [0, 0.1) is 0 Å². The van der Waals surface area contributed by atoms with Crippen LogP contribution in [0.5, 0.6) is 0 Å². The van der Waals surface area contributed by atoms with Gasteiger partial charge in [0.2, 0.25) is 0 Å². The van der Waals surface area contributed by atoms with Gasteiger partial charge in [0.05, 0.1) is 12.1 Å². The van der Waals surface area contributed by atoms with Crippen LogP contribution in [0.4, 0.5) is 4.79 Å². The maximum atomic E-state index is 12.4. The lowest BCUT2D eigenvalue weighted by Gasteiger charge is -2.27. The Morgan fingerprint density at radius 1 is 1.17 bits per heavy atom. The van der Waals surface area contributed by atoms with Crippen LogP contribution in [0.2, 0.25) is 0 Å². The van der Waals surface area contributed by atoms with Gasteiger partial charge in [-0.15, -0.1) is 22.7 Å². The molecular formula is C18H25N3OS2. The van der Waals surface area contributed by atoms with E-state index in [-0.39, 0.29) is 12.1 Å². The Morgan fingerprint density at radius 2 is 1.83 bits per heavy atom. The zero-order valence-corrected chi connectivity index (χ0v) is 15.7. The lowest BCUT2D eigenvalue weighted by molar-refractivity contribution is 0.219. The van der Waals surface area contributed by atoms with Crippen molar-refractivity contribution in [1.29, 1.82) is 0 Å². The molecular weight excluding hydrogens is 338 g/mol. The van der Waals surface area contributed by atoms with E-state index < -0.39 is 0 Å². The number of hydrogen-bond donors (Lipinski definition) is 2. The molecule has 0 radical (unpaired) electrons. The molecule has 2 N–H and O–H groups in total. The van der Waals surface area contributed by atoms with Crippen molar-refractivity contribution >= 4 is 28.7 Å². The van der Waals surface area contributed by atoms with Crippen LogP contribution in [-0.4, -0.2) is 30.6 Å². The van der Waals surface area contributed by atoms with E-state index in [1.54, 1.807) is 22.7 Å². The van der Waals surface area contributed by atoms with Crippen LogP contribution in [0.25, 0.3) is 0 Å². The first-order valence-electron chi connectivity index (χ1n) is 8.63. The number of nitrogens with one attached hydrogen (secondary N) is 2. The second-order valence-electron chi connectivity index (χ2n) is 6.10. The molecule has 1 aliphatic rings. The van der Waals surface area contributed by atoms with Gasteiger partial charge in [-0.1, -0.05) is 19.1 Å². The number of amides is 2. The summed E-state index contributed by atoms with van der Waals surface area (Å²) in [6, 6.07) is 8.69. The molecule has 0 saturated carbocycles. The topological polar surface area (TPSA) is 44.4 Å². The molecule has 0 spiro atoms. The maximum Gasteiger partial charge on any atom is 0.315 e. The van der Waals surface area contributed by atoms with E-state index in [1.165, 1.54) is 22.6 Å². The molecule has 3 heterocycles. The molecule has 4 nitrogen and oxygen atoms in total. The molecule has 130 valence electrons. The molecule has 6 heteroatoms. The summed E-state index contributed by atoms with van der Waals surface area (Å²) in [7, 11) is 0. The number of carbonyl (C=O) groups excluding carboxylic acids is 1. The quantitative estimate of drug-likeness (QED) is 0.766. The highest BCUT2D eigenvalue weighted by molar-refractivity contribution is 7.10. The van der Waals surface area contributed by atoms with E-state index in [2.05, 4.69) is 51.4 Å². The summed E-state index contributed by atoms with van der Waals surface area (Å²) >= 11 is 3.47. The van der Waals surface area contributed by atoms with Gasteiger partial charge in [0, 0.05) is 16.3 Å². The fourth-order valence-corrected chi connectivity index (χ4v) is 4.93. The number of urea groups is 1. The second-order valence-corrected chi connectivity index (χ2v) is 8.06. The Hall–Kier alpha value is -1.37. The fraction of sp³-hybridized carbons (Fsp3) is 0.500. The van der Waals surface area contributed by atoms with Gasteiger partial charge in [-0.3, -0.25) is 4.90 Å². The van der Waals surface area contributed by atoms with E-state index >= 15 is 0 Å². The monoisotopic (exact) mass is 363 g/mol. The molecule has 2 aromatic rings. The van der Waals surface area contributed by atoms with Crippen molar-refractivity contribution in [3.63, 3.8) is 0 Å². The van der Waals surface area contributed by atoms with Crippen LogP contribution < -0.4 is 10.6 Å². The minimum absolute atomic E-state index is 0.0731. The van der Waals surface area contributed by atoms with Crippen LogP contribution in [0.1, 0.15) is 48.0 Å². The van der Waals surface area contributed by atoms with E-state index in [9.17, 15) is 4.79 Å². The summed E-state index contributed by atoms with van der Waals surface area (Å²) in [5.41, 5.74) is 0. The molecule has 2 unspecified atom stereocenters. The molecule has 0 aromatic carbocycles. The first kappa shape index (κ1) is 17.5. The number of nitrogens with zero attached hydrogens (tertiary/aromatic N) is 1. The van der Waals surface area contributed by atoms with Gasteiger partial charge in [-0.25, -0.2) is 4.79 Å². The average Bonchev–Trinajstić information content (AvgIpc) is 3.35. The van der Waals surface area contributed by atoms with E-state index in [0.29, 0.717) is 12.6 Å². The first-order chi connectivity index (χ1) is 11.8. The molecule has 2 atom stereocenters. The van der Waals surface area contributed by atoms with Crippen molar-refractivity contribution in [1.82, 2.24) is 15.5 Å². The highest BCUT2D eigenvalue weighted by atomic mass is 32.1. The van der Waals surface area contributed by atoms with Crippen molar-refractivity contribution in [2.45, 2.75) is 38.3 Å². The Bertz CT molecular complexity index is 606. The lowest BCUT2D eigenvalue weighted by atomic mass is 10.2. The maximum absolute atomic E-state index is 12.4. The minimum Gasteiger partial charge on any atom is -0.336 e. The number of carbonyl (C=O) groups is 1.